The molecule has 4 rings (SSSR count). The number of piperazine rings is 1. The normalized spacial score (nSPS) is 15.0. The molecule has 1 aromatic carbocycles. The number of thiazole rings is 1. The molecule has 0 bridgehead atoms. The van der Waals surface area contributed by atoms with Crippen LogP contribution in [0.25, 0.3) is 10.2 Å². The molecule has 0 N–H and O–H groups in total. The van der Waals surface area contributed by atoms with Crippen LogP contribution < -0.4 is 4.90 Å². The van der Waals surface area contributed by atoms with Gasteiger partial charge in [-0.3, -0.25) is 9.48 Å². The highest BCUT2D eigenvalue weighted by Gasteiger charge is 2.26. The third-order valence-electron chi connectivity index (χ3n) is 5.02. The van der Waals surface area contributed by atoms with E-state index in [4.69, 9.17) is 16.6 Å². The van der Waals surface area contributed by atoms with Crippen LogP contribution in [0.5, 0.6) is 0 Å². The number of carbonyl (C=O) groups excluding carboxylic acids is 1. The second kappa shape index (κ2) is 7.13. The Hall–Kier alpha value is -2.12. The van der Waals surface area contributed by atoms with E-state index in [-0.39, 0.29) is 5.91 Å². The van der Waals surface area contributed by atoms with Gasteiger partial charge >= 0.3 is 0 Å². The van der Waals surface area contributed by atoms with Gasteiger partial charge in [-0.15, -0.1) is 0 Å². The van der Waals surface area contributed by atoms with Crippen LogP contribution in [0.2, 0.25) is 5.02 Å². The lowest BCUT2D eigenvalue weighted by atomic mass is 10.2. The predicted molar refractivity (Wildman–Crippen MR) is 110 cm³/mol. The minimum Gasteiger partial charge on any atom is -0.345 e. The van der Waals surface area contributed by atoms with E-state index >= 15 is 0 Å². The first-order valence-electron chi connectivity index (χ1n) is 9.12. The van der Waals surface area contributed by atoms with Gasteiger partial charge in [0.25, 0.3) is 5.91 Å². The van der Waals surface area contributed by atoms with Crippen molar-refractivity contribution >= 4 is 44.2 Å². The van der Waals surface area contributed by atoms with Gasteiger partial charge in [-0.05, 0) is 38.5 Å². The van der Waals surface area contributed by atoms with Gasteiger partial charge in [0.15, 0.2) is 10.8 Å². The fourth-order valence-corrected chi connectivity index (χ4v) is 4.79. The maximum atomic E-state index is 12.8. The Morgan fingerprint density at radius 2 is 1.96 bits per heavy atom. The smallest absolute Gasteiger partial charge is 0.274 e. The van der Waals surface area contributed by atoms with E-state index in [0.29, 0.717) is 18.8 Å². The molecule has 1 saturated heterocycles. The second-order valence-corrected chi connectivity index (χ2v) is 8.19. The number of halogens is 1. The quantitative estimate of drug-likeness (QED) is 0.668. The third-order valence-corrected chi connectivity index (χ3v) is 6.60. The standard InChI is InChI=1S/C19H22ClN5OS/c1-4-25-13(3)11-15(22-25)18(26)23-7-9-24(10-8-23)19-21-16-12(2)5-6-14(20)17(16)27-19/h5-6,11H,4,7-10H2,1-3H3. The van der Waals surface area contributed by atoms with Crippen molar-refractivity contribution in [1.82, 2.24) is 19.7 Å². The van der Waals surface area contributed by atoms with Gasteiger partial charge in [0.1, 0.15) is 0 Å². The molecule has 0 spiro atoms. The Bertz CT molecular complexity index is 964. The number of aromatic nitrogens is 3. The molecule has 6 nitrogen and oxygen atoms in total. The SMILES string of the molecule is CCn1nc(C(=O)N2CCN(c3nc4c(C)ccc(Cl)c4s3)CC2)cc1C. The molecule has 27 heavy (non-hydrogen) atoms. The van der Waals surface area contributed by atoms with Crippen LogP contribution in [0.15, 0.2) is 18.2 Å². The zero-order valence-corrected chi connectivity index (χ0v) is 17.3. The summed E-state index contributed by atoms with van der Waals surface area (Å²) < 4.78 is 2.89. The van der Waals surface area contributed by atoms with Crippen molar-refractivity contribution in [2.75, 3.05) is 31.1 Å². The summed E-state index contributed by atoms with van der Waals surface area (Å²) in [5.74, 6) is 0.00754. The van der Waals surface area contributed by atoms with Gasteiger partial charge in [-0.1, -0.05) is 29.0 Å². The van der Waals surface area contributed by atoms with Gasteiger partial charge in [-0.2, -0.15) is 5.10 Å². The maximum absolute atomic E-state index is 12.8. The van der Waals surface area contributed by atoms with Crippen molar-refractivity contribution in [2.45, 2.75) is 27.3 Å². The van der Waals surface area contributed by atoms with Crippen LogP contribution in [0.4, 0.5) is 5.13 Å². The Labute approximate surface area is 167 Å². The average Bonchev–Trinajstić information content (AvgIpc) is 3.29. The summed E-state index contributed by atoms with van der Waals surface area (Å²) in [4.78, 5) is 21.7. The zero-order valence-electron chi connectivity index (χ0n) is 15.7. The highest BCUT2D eigenvalue weighted by molar-refractivity contribution is 7.22. The number of carbonyl (C=O) groups is 1. The van der Waals surface area contributed by atoms with Crippen LogP contribution >= 0.6 is 22.9 Å². The van der Waals surface area contributed by atoms with Crippen molar-refractivity contribution in [1.29, 1.82) is 0 Å². The lowest BCUT2D eigenvalue weighted by molar-refractivity contribution is 0.0740. The number of hydrogen-bond acceptors (Lipinski definition) is 5. The van der Waals surface area contributed by atoms with Gasteiger partial charge in [0.05, 0.1) is 15.2 Å². The molecule has 3 aromatic rings. The molecule has 1 aliphatic rings. The summed E-state index contributed by atoms with van der Waals surface area (Å²) in [5.41, 5.74) is 3.65. The molecule has 1 amide bonds. The number of nitrogens with zero attached hydrogens (tertiary/aromatic N) is 5. The molecule has 0 atom stereocenters. The van der Waals surface area contributed by atoms with Crippen molar-refractivity contribution < 1.29 is 4.79 Å². The van der Waals surface area contributed by atoms with Crippen molar-refractivity contribution in [2.24, 2.45) is 0 Å². The number of anilines is 1. The summed E-state index contributed by atoms with van der Waals surface area (Å²) in [5, 5.41) is 6.13. The number of hydrogen-bond donors (Lipinski definition) is 0. The summed E-state index contributed by atoms with van der Waals surface area (Å²) in [7, 11) is 0. The van der Waals surface area contributed by atoms with E-state index in [1.54, 1.807) is 11.3 Å². The topological polar surface area (TPSA) is 54.3 Å². The van der Waals surface area contributed by atoms with E-state index in [9.17, 15) is 4.79 Å². The molecule has 8 heteroatoms. The first-order chi connectivity index (χ1) is 13.0. The summed E-state index contributed by atoms with van der Waals surface area (Å²) in [6.45, 7) is 9.68. The van der Waals surface area contributed by atoms with E-state index in [0.717, 1.165) is 51.3 Å². The monoisotopic (exact) mass is 403 g/mol. The fraction of sp³-hybridized carbons (Fsp3) is 0.421. The lowest BCUT2D eigenvalue weighted by Gasteiger charge is -2.34. The lowest BCUT2D eigenvalue weighted by Crippen LogP contribution is -2.48. The van der Waals surface area contributed by atoms with Crippen molar-refractivity contribution in [3.05, 3.63) is 40.2 Å². The number of aryl methyl sites for hydroxylation is 3. The second-order valence-electron chi connectivity index (χ2n) is 6.80. The third kappa shape index (κ3) is 3.30. The van der Waals surface area contributed by atoms with Crippen molar-refractivity contribution in [3.63, 3.8) is 0 Å². The number of amides is 1. The zero-order chi connectivity index (χ0) is 19.1. The minimum atomic E-state index is 0.00754. The molecule has 3 heterocycles. The summed E-state index contributed by atoms with van der Waals surface area (Å²) in [6, 6.07) is 5.80. The molecule has 2 aromatic heterocycles. The Kier molecular flexibility index (Phi) is 4.82. The summed E-state index contributed by atoms with van der Waals surface area (Å²) >= 11 is 7.95. The van der Waals surface area contributed by atoms with Gasteiger partial charge in [0.2, 0.25) is 0 Å². The number of rotatable bonds is 3. The largest absolute Gasteiger partial charge is 0.345 e. The van der Waals surface area contributed by atoms with E-state index in [1.165, 1.54) is 0 Å². The minimum absolute atomic E-state index is 0.00754. The van der Waals surface area contributed by atoms with Crippen LogP contribution in [0, 0.1) is 13.8 Å². The van der Waals surface area contributed by atoms with E-state index in [2.05, 4.69) is 16.9 Å². The molecular formula is C19H22ClN5OS. The van der Waals surface area contributed by atoms with Crippen LogP contribution in [-0.4, -0.2) is 51.8 Å². The Balaban J connectivity index is 1.48. The van der Waals surface area contributed by atoms with Gasteiger partial charge in [0, 0.05) is 38.4 Å². The van der Waals surface area contributed by atoms with E-state index in [1.807, 2.05) is 41.6 Å². The predicted octanol–water partition coefficient (Wildman–Crippen LogP) is 3.75. The van der Waals surface area contributed by atoms with Gasteiger partial charge in [-0.25, -0.2) is 4.98 Å². The highest BCUT2D eigenvalue weighted by atomic mass is 35.5. The molecule has 0 unspecified atom stereocenters. The molecule has 0 aliphatic carbocycles. The number of fused-ring (bicyclic) bond motifs is 1. The Morgan fingerprint density at radius 3 is 2.59 bits per heavy atom. The van der Waals surface area contributed by atoms with Gasteiger partial charge < -0.3 is 9.80 Å². The molecule has 1 aliphatic heterocycles. The van der Waals surface area contributed by atoms with Crippen LogP contribution in [0.1, 0.15) is 28.7 Å². The summed E-state index contributed by atoms with van der Waals surface area (Å²) in [6.07, 6.45) is 0. The Morgan fingerprint density at radius 1 is 1.22 bits per heavy atom. The van der Waals surface area contributed by atoms with Crippen LogP contribution in [0.3, 0.4) is 0 Å². The molecule has 0 saturated carbocycles. The molecule has 142 valence electrons. The molecule has 1 fully saturated rings. The first kappa shape index (κ1) is 18.3. The fourth-order valence-electron chi connectivity index (χ4n) is 3.42. The van der Waals surface area contributed by atoms with Crippen LogP contribution in [-0.2, 0) is 6.54 Å². The highest BCUT2D eigenvalue weighted by Crippen LogP contribution is 2.35. The van der Waals surface area contributed by atoms with Crippen molar-refractivity contribution in [3.8, 4) is 0 Å². The molecule has 0 radical (unpaired) electrons. The molecular weight excluding hydrogens is 382 g/mol. The average molecular weight is 404 g/mol. The maximum Gasteiger partial charge on any atom is 0.274 e. The number of benzene rings is 1. The van der Waals surface area contributed by atoms with E-state index < -0.39 is 0 Å². The first-order valence-corrected chi connectivity index (χ1v) is 10.3.